The number of rotatable bonds is 5. The maximum absolute atomic E-state index is 12.3. The number of anilines is 1. The Labute approximate surface area is 134 Å². The predicted octanol–water partition coefficient (Wildman–Crippen LogP) is 2.74. The van der Waals surface area contributed by atoms with E-state index in [2.05, 4.69) is 5.32 Å². The maximum Gasteiger partial charge on any atom is 0.244 e. The van der Waals surface area contributed by atoms with Crippen molar-refractivity contribution in [1.82, 2.24) is 4.31 Å². The minimum atomic E-state index is -3.61. The third-order valence-electron chi connectivity index (χ3n) is 3.34. The molecule has 0 fully saturated rings. The summed E-state index contributed by atoms with van der Waals surface area (Å²) in [5.41, 5.74) is 1.21. The van der Waals surface area contributed by atoms with E-state index in [4.69, 9.17) is 0 Å². The number of carbonyl (C=O) groups excluding carboxylic acids is 1. The first-order valence-corrected chi connectivity index (χ1v) is 9.07. The molecule has 2 aromatic rings. The van der Waals surface area contributed by atoms with Gasteiger partial charge in [-0.3, -0.25) is 4.79 Å². The lowest BCUT2D eigenvalue weighted by atomic mass is 10.0. The van der Waals surface area contributed by atoms with E-state index in [-0.39, 0.29) is 16.7 Å². The van der Waals surface area contributed by atoms with Crippen molar-refractivity contribution in [2.24, 2.45) is 0 Å². The van der Waals surface area contributed by atoms with Crippen LogP contribution in [0.3, 0.4) is 0 Å². The van der Waals surface area contributed by atoms with E-state index >= 15 is 0 Å². The van der Waals surface area contributed by atoms with Crippen LogP contribution in [-0.2, 0) is 14.8 Å². The highest BCUT2D eigenvalue weighted by atomic mass is 32.2. The number of thiophene rings is 1. The molecule has 22 heavy (non-hydrogen) atoms. The second-order valence-corrected chi connectivity index (χ2v) is 7.95. The van der Waals surface area contributed by atoms with E-state index < -0.39 is 10.0 Å². The van der Waals surface area contributed by atoms with Crippen LogP contribution in [0.5, 0.6) is 0 Å². The average Bonchev–Trinajstić information content (AvgIpc) is 3.00. The molecule has 0 unspecified atom stereocenters. The molecule has 1 aromatic heterocycles. The van der Waals surface area contributed by atoms with Crippen LogP contribution >= 0.6 is 11.3 Å². The van der Waals surface area contributed by atoms with E-state index in [1.807, 2.05) is 16.8 Å². The molecule has 1 N–H and O–H groups in total. The summed E-state index contributed by atoms with van der Waals surface area (Å²) in [6.07, 6.45) is 0. The molecule has 1 aromatic carbocycles. The summed E-state index contributed by atoms with van der Waals surface area (Å²) in [7, 11) is -0.692. The van der Waals surface area contributed by atoms with E-state index in [1.165, 1.54) is 31.5 Å². The third-order valence-corrected chi connectivity index (χ3v) is 5.91. The van der Waals surface area contributed by atoms with Crippen molar-refractivity contribution >= 4 is 33.0 Å². The van der Waals surface area contributed by atoms with Gasteiger partial charge in [-0.05, 0) is 41.4 Å². The molecular weight excluding hydrogens is 320 g/mol. The largest absolute Gasteiger partial charge is 0.324 e. The van der Waals surface area contributed by atoms with Crippen LogP contribution in [0, 0.1) is 0 Å². The van der Waals surface area contributed by atoms with Crippen LogP contribution in [0.4, 0.5) is 5.69 Å². The van der Waals surface area contributed by atoms with Crippen LogP contribution in [0.25, 0.3) is 0 Å². The molecule has 1 heterocycles. The topological polar surface area (TPSA) is 66.5 Å². The fourth-order valence-corrected chi connectivity index (χ4v) is 3.70. The summed E-state index contributed by atoms with van der Waals surface area (Å²) in [6.45, 7) is 1.79. The van der Waals surface area contributed by atoms with Gasteiger partial charge in [-0.2, -0.15) is 11.3 Å². The smallest absolute Gasteiger partial charge is 0.244 e. The van der Waals surface area contributed by atoms with Gasteiger partial charge in [0.1, 0.15) is 4.90 Å². The van der Waals surface area contributed by atoms with Crippen molar-refractivity contribution in [2.45, 2.75) is 17.7 Å². The maximum atomic E-state index is 12.3. The normalized spacial score (nSPS) is 13.1. The van der Waals surface area contributed by atoms with Gasteiger partial charge in [0.2, 0.25) is 15.9 Å². The Morgan fingerprint density at radius 3 is 2.50 bits per heavy atom. The number of nitrogens with zero attached hydrogens (tertiary/aromatic N) is 1. The molecule has 0 aliphatic rings. The van der Waals surface area contributed by atoms with Crippen LogP contribution < -0.4 is 5.32 Å². The van der Waals surface area contributed by atoms with Crippen LogP contribution in [0.15, 0.2) is 46.0 Å². The Hall–Kier alpha value is -1.70. The number of sulfonamides is 1. The van der Waals surface area contributed by atoms with Crippen molar-refractivity contribution in [2.75, 3.05) is 19.4 Å². The summed E-state index contributed by atoms with van der Waals surface area (Å²) in [5.74, 6) is -0.582. The van der Waals surface area contributed by atoms with Gasteiger partial charge in [0, 0.05) is 14.1 Å². The summed E-state index contributed by atoms with van der Waals surface area (Å²) in [4.78, 5) is 12.4. The Morgan fingerprint density at radius 2 is 1.91 bits per heavy atom. The predicted molar refractivity (Wildman–Crippen MR) is 88.7 cm³/mol. The number of hydrogen-bond donors (Lipinski definition) is 1. The molecule has 0 aliphatic carbocycles. The summed E-state index contributed by atoms with van der Waals surface area (Å²) >= 11 is 1.52. The number of nitrogens with one attached hydrogen (secondary N) is 1. The Morgan fingerprint density at radius 1 is 1.23 bits per heavy atom. The number of hydrogen-bond acceptors (Lipinski definition) is 4. The van der Waals surface area contributed by atoms with Crippen molar-refractivity contribution in [3.8, 4) is 0 Å². The lowest BCUT2D eigenvalue weighted by molar-refractivity contribution is -0.117. The van der Waals surface area contributed by atoms with Gasteiger partial charge in [0.25, 0.3) is 0 Å². The lowest BCUT2D eigenvalue weighted by Crippen LogP contribution is -2.25. The molecule has 0 spiro atoms. The molecule has 0 bridgehead atoms. The highest BCUT2D eigenvalue weighted by Crippen LogP contribution is 2.25. The van der Waals surface area contributed by atoms with Crippen LogP contribution in [0.2, 0.25) is 0 Å². The van der Waals surface area contributed by atoms with E-state index in [9.17, 15) is 13.2 Å². The van der Waals surface area contributed by atoms with Crippen molar-refractivity contribution in [3.63, 3.8) is 0 Å². The second kappa shape index (κ2) is 6.60. The second-order valence-electron chi connectivity index (χ2n) is 5.05. The molecule has 7 heteroatoms. The van der Waals surface area contributed by atoms with Gasteiger partial charge in [-0.15, -0.1) is 0 Å². The fraction of sp³-hybridized carbons (Fsp3) is 0.267. The standard InChI is InChI=1S/C15H18N2O3S2/c1-11(12-8-9-21-10-12)15(18)16-13-6-4-5-7-14(13)22(19,20)17(2)3/h4-11H,1-3H3,(H,16,18)/t11-/m1/s1. The molecule has 0 saturated heterocycles. The molecule has 2 rings (SSSR count). The summed E-state index contributed by atoms with van der Waals surface area (Å²) in [6, 6.07) is 8.29. The molecule has 5 nitrogen and oxygen atoms in total. The van der Waals surface area contributed by atoms with Gasteiger partial charge in [-0.1, -0.05) is 12.1 Å². The monoisotopic (exact) mass is 338 g/mol. The highest BCUT2D eigenvalue weighted by molar-refractivity contribution is 7.89. The quantitative estimate of drug-likeness (QED) is 0.911. The third kappa shape index (κ3) is 3.37. The van der Waals surface area contributed by atoms with E-state index in [0.29, 0.717) is 5.69 Å². The van der Waals surface area contributed by atoms with Crippen LogP contribution in [-0.4, -0.2) is 32.7 Å². The average molecular weight is 338 g/mol. The van der Waals surface area contributed by atoms with Gasteiger partial charge < -0.3 is 5.32 Å². The van der Waals surface area contributed by atoms with Gasteiger partial charge >= 0.3 is 0 Å². The number of amides is 1. The molecule has 118 valence electrons. The molecule has 1 atom stereocenters. The van der Waals surface area contributed by atoms with Crippen molar-refractivity contribution < 1.29 is 13.2 Å². The van der Waals surface area contributed by atoms with E-state index in [0.717, 1.165) is 9.87 Å². The first-order valence-electron chi connectivity index (χ1n) is 6.68. The highest BCUT2D eigenvalue weighted by Gasteiger charge is 2.23. The van der Waals surface area contributed by atoms with Crippen molar-refractivity contribution in [1.29, 1.82) is 0 Å². The fourth-order valence-electron chi connectivity index (χ4n) is 1.91. The van der Waals surface area contributed by atoms with E-state index in [1.54, 1.807) is 25.1 Å². The summed E-state index contributed by atoms with van der Waals surface area (Å²) < 4.78 is 25.7. The van der Waals surface area contributed by atoms with Gasteiger partial charge in [0.15, 0.2) is 0 Å². The minimum absolute atomic E-state index is 0.0888. The minimum Gasteiger partial charge on any atom is -0.324 e. The van der Waals surface area contributed by atoms with Crippen LogP contribution in [0.1, 0.15) is 18.4 Å². The SMILES string of the molecule is C[C@@H](C(=O)Nc1ccccc1S(=O)(=O)N(C)C)c1ccsc1. The molecular formula is C15H18N2O3S2. The lowest BCUT2D eigenvalue weighted by Gasteiger charge is -2.17. The number of benzene rings is 1. The molecule has 1 amide bonds. The Bertz CT molecular complexity index is 753. The van der Waals surface area contributed by atoms with Gasteiger partial charge in [-0.25, -0.2) is 12.7 Å². The molecule has 0 aliphatic heterocycles. The zero-order valence-electron chi connectivity index (χ0n) is 12.6. The van der Waals surface area contributed by atoms with Gasteiger partial charge in [0.05, 0.1) is 11.6 Å². The zero-order valence-corrected chi connectivity index (χ0v) is 14.2. The Kier molecular flexibility index (Phi) is 5.00. The van der Waals surface area contributed by atoms with Crippen molar-refractivity contribution in [3.05, 3.63) is 46.7 Å². The first-order chi connectivity index (χ1) is 10.3. The number of carbonyl (C=O) groups is 1. The molecule has 0 radical (unpaired) electrons. The Balaban J connectivity index is 2.29. The summed E-state index contributed by atoms with van der Waals surface area (Å²) in [5, 5.41) is 6.54. The number of para-hydroxylation sites is 1. The molecule has 0 saturated carbocycles. The first kappa shape index (κ1) is 16.7. The zero-order chi connectivity index (χ0) is 16.3.